The standard InChI is InChI=1S/C46H29N3O/c1-4-15-30(16-5-1)42-45-43(48-46(47-42)31-17-6-2-7-18-31)38-26-13-25-36(44(38)50-45)33-20-12-19-32(29-33)35-24-14-28-40-41(35)37-23-10-11-27-39(37)49(40)34-21-8-3-9-22-34/h1-29H. The van der Waals surface area contributed by atoms with Gasteiger partial charge in [-0.3, -0.25) is 0 Å². The summed E-state index contributed by atoms with van der Waals surface area (Å²) in [6.45, 7) is 0. The van der Waals surface area contributed by atoms with E-state index < -0.39 is 0 Å². The van der Waals surface area contributed by atoms with Crippen LogP contribution in [-0.4, -0.2) is 14.5 Å². The average molecular weight is 640 g/mol. The highest BCUT2D eigenvalue weighted by molar-refractivity contribution is 6.16. The first-order valence-corrected chi connectivity index (χ1v) is 16.8. The number of para-hydroxylation sites is 3. The quantitative estimate of drug-likeness (QED) is 0.188. The van der Waals surface area contributed by atoms with E-state index >= 15 is 0 Å². The van der Waals surface area contributed by atoms with Crippen LogP contribution in [0.25, 0.3) is 94.5 Å². The summed E-state index contributed by atoms with van der Waals surface area (Å²) in [7, 11) is 0. The Kier molecular flexibility index (Phi) is 6.46. The van der Waals surface area contributed by atoms with Crippen LogP contribution >= 0.6 is 0 Å². The summed E-state index contributed by atoms with van der Waals surface area (Å²) >= 11 is 0. The maximum atomic E-state index is 6.81. The average Bonchev–Trinajstić information content (AvgIpc) is 3.75. The van der Waals surface area contributed by atoms with Crippen molar-refractivity contribution in [3.63, 3.8) is 0 Å². The number of furan rings is 1. The summed E-state index contributed by atoms with van der Waals surface area (Å²) < 4.78 is 9.18. The highest BCUT2D eigenvalue weighted by Crippen LogP contribution is 2.42. The molecule has 50 heavy (non-hydrogen) atoms. The molecular formula is C46H29N3O. The Labute approximate surface area is 288 Å². The molecular weight excluding hydrogens is 611 g/mol. The lowest BCUT2D eigenvalue weighted by atomic mass is 9.95. The van der Waals surface area contributed by atoms with E-state index in [1.807, 2.05) is 48.5 Å². The predicted octanol–water partition coefficient (Wildman–Crippen LogP) is 12.1. The number of benzene rings is 7. The predicted molar refractivity (Wildman–Crippen MR) is 205 cm³/mol. The molecule has 0 amide bonds. The van der Waals surface area contributed by atoms with Crippen molar-refractivity contribution >= 4 is 43.9 Å². The molecule has 234 valence electrons. The Morgan fingerprint density at radius 2 is 1.00 bits per heavy atom. The third-order valence-corrected chi connectivity index (χ3v) is 9.62. The maximum Gasteiger partial charge on any atom is 0.180 e. The number of hydrogen-bond acceptors (Lipinski definition) is 3. The zero-order valence-corrected chi connectivity index (χ0v) is 27.0. The molecule has 0 aliphatic carbocycles. The molecule has 0 N–H and O–H groups in total. The summed E-state index contributed by atoms with van der Waals surface area (Å²) in [5.74, 6) is 0.676. The van der Waals surface area contributed by atoms with Gasteiger partial charge in [0, 0.05) is 38.5 Å². The number of fused-ring (bicyclic) bond motifs is 6. The number of hydrogen-bond donors (Lipinski definition) is 0. The number of rotatable bonds is 5. The SMILES string of the molecule is c1ccc(-c2nc(-c3ccccc3)c3oc4c(-c5cccc(-c6cccc7c6c6ccccc6n7-c6ccccc6)c5)cccc4c3n2)cc1. The van der Waals surface area contributed by atoms with Gasteiger partial charge in [0.1, 0.15) is 16.8 Å². The molecule has 0 saturated carbocycles. The molecule has 10 rings (SSSR count). The molecule has 0 fully saturated rings. The Bertz CT molecular complexity index is 2850. The minimum absolute atomic E-state index is 0.676. The van der Waals surface area contributed by atoms with Gasteiger partial charge in [-0.05, 0) is 53.1 Å². The molecule has 0 atom stereocenters. The lowest BCUT2D eigenvalue weighted by Crippen LogP contribution is -1.93. The third-order valence-electron chi connectivity index (χ3n) is 9.62. The van der Waals surface area contributed by atoms with Crippen molar-refractivity contribution in [1.82, 2.24) is 14.5 Å². The van der Waals surface area contributed by atoms with E-state index in [0.717, 1.165) is 55.7 Å². The van der Waals surface area contributed by atoms with Gasteiger partial charge >= 0.3 is 0 Å². The van der Waals surface area contributed by atoms with E-state index in [1.165, 1.54) is 27.4 Å². The van der Waals surface area contributed by atoms with Gasteiger partial charge in [-0.1, -0.05) is 140 Å². The fourth-order valence-electron chi connectivity index (χ4n) is 7.37. The largest absolute Gasteiger partial charge is 0.451 e. The van der Waals surface area contributed by atoms with Crippen LogP contribution in [0.5, 0.6) is 0 Å². The second-order valence-corrected chi connectivity index (χ2v) is 12.6. The first-order chi connectivity index (χ1) is 24.8. The van der Waals surface area contributed by atoms with Gasteiger partial charge in [0.15, 0.2) is 11.4 Å². The molecule has 0 radical (unpaired) electrons. The van der Waals surface area contributed by atoms with Crippen molar-refractivity contribution in [3.05, 3.63) is 176 Å². The van der Waals surface area contributed by atoms with Crippen LogP contribution in [0.3, 0.4) is 0 Å². The molecule has 3 heterocycles. The second-order valence-electron chi connectivity index (χ2n) is 12.6. The van der Waals surface area contributed by atoms with E-state index in [9.17, 15) is 0 Å². The fraction of sp³-hybridized carbons (Fsp3) is 0. The number of nitrogens with zero attached hydrogens (tertiary/aromatic N) is 3. The molecule has 0 spiro atoms. The van der Waals surface area contributed by atoms with Gasteiger partial charge in [0.25, 0.3) is 0 Å². The van der Waals surface area contributed by atoms with Crippen LogP contribution in [0.2, 0.25) is 0 Å². The summed E-state index contributed by atoms with van der Waals surface area (Å²) in [6.07, 6.45) is 0. The summed E-state index contributed by atoms with van der Waals surface area (Å²) in [4.78, 5) is 10.2. The first-order valence-electron chi connectivity index (χ1n) is 16.8. The molecule has 7 aromatic carbocycles. The van der Waals surface area contributed by atoms with Gasteiger partial charge in [-0.2, -0.15) is 0 Å². The van der Waals surface area contributed by atoms with E-state index in [1.54, 1.807) is 0 Å². The molecule has 0 unspecified atom stereocenters. The third kappa shape index (κ3) is 4.46. The molecule has 3 aromatic heterocycles. The maximum absolute atomic E-state index is 6.81. The van der Waals surface area contributed by atoms with Crippen LogP contribution in [0.1, 0.15) is 0 Å². The van der Waals surface area contributed by atoms with E-state index in [0.29, 0.717) is 11.4 Å². The van der Waals surface area contributed by atoms with Crippen molar-refractivity contribution in [1.29, 1.82) is 0 Å². The lowest BCUT2D eigenvalue weighted by Gasteiger charge is -2.10. The van der Waals surface area contributed by atoms with Crippen molar-refractivity contribution < 1.29 is 4.42 Å². The normalized spacial score (nSPS) is 11.6. The zero-order chi connectivity index (χ0) is 33.0. The fourth-order valence-corrected chi connectivity index (χ4v) is 7.37. The van der Waals surface area contributed by atoms with E-state index in [4.69, 9.17) is 14.4 Å². The van der Waals surface area contributed by atoms with Crippen molar-refractivity contribution in [3.8, 4) is 50.6 Å². The van der Waals surface area contributed by atoms with Gasteiger partial charge < -0.3 is 8.98 Å². The van der Waals surface area contributed by atoms with Crippen molar-refractivity contribution in [2.24, 2.45) is 0 Å². The molecule has 0 bridgehead atoms. The van der Waals surface area contributed by atoms with Crippen LogP contribution in [0.15, 0.2) is 180 Å². The zero-order valence-electron chi connectivity index (χ0n) is 27.0. The lowest BCUT2D eigenvalue weighted by molar-refractivity contribution is 0.668. The minimum Gasteiger partial charge on any atom is -0.451 e. The number of aromatic nitrogens is 3. The molecule has 0 saturated heterocycles. The van der Waals surface area contributed by atoms with Crippen molar-refractivity contribution in [2.75, 3.05) is 0 Å². The first kappa shape index (κ1) is 28.3. The summed E-state index contributed by atoms with van der Waals surface area (Å²) in [5, 5.41) is 3.43. The second kappa shape index (κ2) is 11.4. The molecule has 4 nitrogen and oxygen atoms in total. The smallest absolute Gasteiger partial charge is 0.180 e. The van der Waals surface area contributed by atoms with Crippen LogP contribution in [-0.2, 0) is 0 Å². The molecule has 10 aromatic rings. The van der Waals surface area contributed by atoms with E-state index in [-0.39, 0.29) is 0 Å². The van der Waals surface area contributed by atoms with Gasteiger partial charge in [0.05, 0.1) is 11.0 Å². The van der Waals surface area contributed by atoms with Crippen LogP contribution < -0.4 is 0 Å². The monoisotopic (exact) mass is 639 g/mol. The van der Waals surface area contributed by atoms with Crippen molar-refractivity contribution in [2.45, 2.75) is 0 Å². The Morgan fingerprint density at radius 1 is 0.420 bits per heavy atom. The van der Waals surface area contributed by atoms with Gasteiger partial charge in [-0.15, -0.1) is 0 Å². The Balaban J connectivity index is 1.18. The van der Waals surface area contributed by atoms with Gasteiger partial charge in [-0.25, -0.2) is 9.97 Å². The van der Waals surface area contributed by atoms with E-state index in [2.05, 4.69) is 132 Å². The molecule has 4 heteroatoms. The van der Waals surface area contributed by atoms with Crippen LogP contribution in [0.4, 0.5) is 0 Å². The molecule has 0 aliphatic heterocycles. The highest BCUT2D eigenvalue weighted by atomic mass is 16.3. The van der Waals surface area contributed by atoms with Gasteiger partial charge in [0.2, 0.25) is 0 Å². The summed E-state index contributed by atoms with van der Waals surface area (Å²) in [6, 6.07) is 61.4. The van der Waals surface area contributed by atoms with Crippen LogP contribution in [0, 0.1) is 0 Å². The Morgan fingerprint density at radius 3 is 1.80 bits per heavy atom. The Hall–Kier alpha value is -6.78. The summed E-state index contributed by atoms with van der Waals surface area (Å²) in [5.41, 5.74) is 13.0. The topological polar surface area (TPSA) is 43.9 Å². The minimum atomic E-state index is 0.676. The highest BCUT2D eigenvalue weighted by Gasteiger charge is 2.21. The molecule has 0 aliphatic rings.